The average Bonchev–Trinajstić information content (AvgIpc) is 2.58. The summed E-state index contributed by atoms with van der Waals surface area (Å²) < 4.78 is 0. The minimum absolute atomic E-state index is 0.00364. The van der Waals surface area contributed by atoms with Crippen LogP contribution in [0.4, 0.5) is 0 Å². The summed E-state index contributed by atoms with van der Waals surface area (Å²) >= 11 is 0. The van der Waals surface area contributed by atoms with Crippen LogP contribution in [0.2, 0.25) is 0 Å². The highest BCUT2D eigenvalue weighted by Gasteiger charge is 2.08. The molecule has 2 rings (SSSR count). The van der Waals surface area contributed by atoms with Crippen molar-refractivity contribution in [2.45, 2.75) is 33.6 Å². The largest absolute Gasteiger partial charge is 0.355 e. The second kappa shape index (κ2) is 9.02. The van der Waals surface area contributed by atoms with Gasteiger partial charge < -0.3 is 10.6 Å². The summed E-state index contributed by atoms with van der Waals surface area (Å²) in [5.74, 6) is -0.393. The van der Waals surface area contributed by atoms with E-state index in [2.05, 4.69) is 42.7 Å². The molecular formula is C21H26N2O2. The van der Waals surface area contributed by atoms with Crippen molar-refractivity contribution in [3.05, 3.63) is 70.3 Å². The molecular weight excluding hydrogens is 312 g/mol. The fourth-order valence-corrected chi connectivity index (χ4v) is 2.74. The molecule has 2 aromatic carbocycles. The Kier molecular flexibility index (Phi) is 6.75. The van der Waals surface area contributed by atoms with Crippen molar-refractivity contribution in [1.82, 2.24) is 10.6 Å². The highest BCUT2D eigenvalue weighted by Crippen LogP contribution is 2.12. The summed E-state index contributed by atoms with van der Waals surface area (Å²) in [5.41, 5.74) is 5.45. The predicted molar refractivity (Wildman–Crippen MR) is 101 cm³/mol. The third-order valence-corrected chi connectivity index (χ3v) is 4.13. The fraction of sp³-hybridized carbons (Fsp3) is 0.333. The van der Waals surface area contributed by atoms with Gasteiger partial charge in [0.15, 0.2) is 0 Å². The molecule has 132 valence electrons. The summed E-state index contributed by atoms with van der Waals surface area (Å²) in [6.45, 7) is 6.73. The lowest BCUT2D eigenvalue weighted by Crippen LogP contribution is -2.37. The number of rotatable bonds is 7. The highest BCUT2D eigenvalue weighted by molar-refractivity contribution is 5.96. The zero-order valence-corrected chi connectivity index (χ0v) is 15.2. The minimum atomic E-state index is -0.228. The molecule has 0 radical (unpaired) electrons. The molecule has 2 N–H and O–H groups in total. The van der Waals surface area contributed by atoms with Crippen molar-refractivity contribution >= 4 is 11.8 Å². The first-order valence-electron chi connectivity index (χ1n) is 8.63. The summed E-state index contributed by atoms with van der Waals surface area (Å²) in [5, 5.41) is 5.50. The molecule has 0 saturated carbocycles. The first kappa shape index (κ1) is 18.7. The monoisotopic (exact) mass is 338 g/mol. The minimum Gasteiger partial charge on any atom is -0.355 e. The lowest BCUT2D eigenvalue weighted by molar-refractivity contribution is -0.120. The van der Waals surface area contributed by atoms with Crippen LogP contribution in [0.15, 0.2) is 42.5 Å². The van der Waals surface area contributed by atoms with Crippen LogP contribution in [-0.4, -0.2) is 24.9 Å². The van der Waals surface area contributed by atoms with Gasteiger partial charge in [0.2, 0.25) is 5.91 Å². The van der Waals surface area contributed by atoms with Gasteiger partial charge in [-0.3, -0.25) is 9.59 Å². The Labute approximate surface area is 149 Å². The van der Waals surface area contributed by atoms with Crippen LogP contribution in [0.1, 0.15) is 39.0 Å². The van der Waals surface area contributed by atoms with E-state index in [0.717, 1.165) is 18.4 Å². The molecule has 0 spiro atoms. The Balaban J connectivity index is 1.68. The maximum absolute atomic E-state index is 12.0. The van der Waals surface area contributed by atoms with Crippen molar-refractivity contribution in [3.8, 4) is 0 Å². The van der Waals surface area contributed by atoms with Crippen molar-refractivity contribution in [2.24, 2.45) is 0 Å². The molecule has 0 aliphatic rings. The van der Waals surface area contributed by atoms with Gasteiger partial charge in [0.25, 0.3) is 5.91 Å². The van der Waals surface area contributed by atoms with Gasteiger partial charge in [-0.2, -0.15) is 0 Å². The Morgan fingerprint density at radius 1 is 0.920 bits per heavy atom. The van der Waals surface area contributed by atoms with E-state index in [1.165, 1.54) is 16.7 Å². The van der Waals surface area contributed by atoms with Gasteiger partial charge in [-0.25, -0.2) is 0 Å². The fourth-order valence-electron chi connectivity index (χ4n) is 2.74. The van der Waals surface area contributed by atoms with E-state index in [0.29, 0.717) is 12.1 Å². The number of amides is 2. The van der Waals surface area contributed by atoms with E-state index < -0.39 is 0 Å². The van der Waals surface area contributed by atoms with Crippen molar-refractivity contribution in [3.63, 3.8) is 0 Å². The Hall–Kier alpha value is -2.62. The zero-order valence-electron chi connectivity index (χ0n) is 15.2. The van der Waals surface area contributed by atoms with Crippen LogP contribution in [0, 0.1) is 20.8 Å². The van der Waals surface area contributed by atoms with Crippen LogP contribution in [0.5, 0.6) is 0 Å². The molecule has 0 heterocycles. The third kappa shape index (κ3) is 6.07. The standard InChI is InChI=1S/C21H26N2O2/c1-15-6-4-7-19(13-15)21(25)23-14-20(24)22-11-5-8-18-10-9-16(2)12-17(18)3/h4,6-7,9-10,12-13H,5,8,11,14H2,1-3H3,(H,22,24)(H,23,25). The van der Waals surface area contributed by atoms with E-state index in [1.54, 1.807) is 12.1 Å². The molecule has 0 fully saturated rings. The van der Waals surface area contributed by atoms with Crippen molar-refractivity contribution in [2.75, 3.05) is 13.1 Å². The number of carbonyl (C=O) groups excluding carboxylic acids is 2. The number of aryl methyl sites for hydroxylation is 4. The molecule has 2 amide bonds. The van der Waals surface area contributed by atoms with Crippen LogP contribution < -0.4 is 10.6 Å². The topological polar surface area (TPSA) is 58.2 Å². The van der Waals surface area contributed by atoms with Crippen LogP contribution in [0.25, 0.3) is 0 Å². The number of nitrogens with one attached hydrogen (secondary N) is 2. The van der Waals surface area contributed by atoms with E-state index in [1.807, 2.05) is 19.1 Å². The van der Waals surface area contributed by atoms with Crippen LogP contribution >= 0.6 is 0 Å². The van der Waals surface area contributed by atoms with Gasteiger partial charge in [0.05, 0.1) is 6.54 Å². The number of carbonyl (C=O) groups is 2. The maximum atomic E-state index is 12.0. The van der Waals surface area contributed by atoms with E-state index >= 15 is 0 Å². The Bertz CT molecular complexity index is 753. The molecule has 0 atom stereocenters. The number of hydrogen-bond donors (Lipinski definition) is 2. The number of hydrogen-bond acceptors (Lipinski definition) is 2. The number of benzene rings is 2. The van der Waals surface area contributed by atoms with E-state index in [-0.39, 0.29) is 18.4 Å². The first-order valence-corrected chi connectivity index (χ1v) is 8.63. The normalized spacial score (nSPS) is 10.4. The molecule has 0 saturated heterocycles. The predicted octanol–water partition coefficient (Wildman–Crippen LogP) is 3.09. The first-order chi connectivity index (χ1) is 12.0. The van der Waals surface area contributed by atoms with E-state index in [9.17, 15) is 9.59 Å². The molecule has 4 nitrogen and oxygen atoms in total. The smallest absolute Gasteiger partial charge is 0.251 e. The average molecular weight is 338 g/mol. The van der Waals surface area contributed by atoms with Gasteiger partial charge in [-0.05, 0) is 56.9 Å². The highest BCUT2D eigenvalue weighted by atomic mass is 16.2. The van der Waals surface area contributed by atoms with Gasteiger partial charge in [0.1, 0.15) is 0 Å². The Morgan fingerprint density at radius 3 is 2.40 bits per heavy atom. The van der Waals surface area contributed by atoms with Crippen molar-refractivity contribution < 1.29 is 9.59 Å². The summed E-state index contributed by atoms with van der Waals surface area (Å²) in [6, 6.07) is 13.7. The molecule has 0 aliphatic heterocycles. The molecule has 0 aromatic heterocycles. The molecule has 0 aliphatic carbocycles. The van der Waals surface area contributed by atoms with Crippen LogP contribution in [0.3, 0.4) is 0 Å². The second-order valence-corrected chi connectivity index (χ2v) is 6.44. The van der Waals surface area contributed by atoms with E-state index in [4.69, 9.17) is 0 Å². The molecule has 4 heteroatoms. The van der Waals surface area contributed by atoms with Gasteiger partial charge in [-0.15, -0.1) is 0 Å². The molecule has 2 aromatic rings. The van der Waals surface area contributed by atoms with Gasteiger partial charge >= 0.3 is 0 Å². The SMILES string of the molecule is Cc1cccc(C(=O)NCC(=O)NCCCc2ccc(C)cc2C)c1. The van der Waals surface area contributed by atoms with Crippen molar-refractivity contribution in [1.29, 1.82) is 0 Å². The van der Waals surface area contributed by atoms with Gasteiger partial charge in [0, 0.05) is 12.1 Å². The summed E-state index contributed by atoms with van der Waals surface area (Å²) in [7, 11) is 0. The maximum Gasteiger partial charge on any atom is 0.251 e. The lowest BCUT2D eigenvalue weighted by atomic mass is 10.0. The zero-order chi connectivity index (χ0) is 18.2. The molecule has 0 bridgehead atoms. The lowest BCUT2D eigenvalue weighted by Gasteiger charge is -2.09. The molecule has 25 heavy (non-hydrogen) atoms. The summed E-state index contributed by atoms with van der Waals surface area (Å²) in [4.78, 5) is 23.8. The molecule has 0 unspecified atom stereocenters. The summed E-state index contributed by atoms with van der Waals surface area (Å²) in [6.07, 6.45) is 1.81. The van der Waals surface area contributed by atoms with Gasteiger partial charge in [-0.1, -0.05) is 41.5 Å². The quantitative estimate of drug-likeness (QED) is 0.762. The third-order valence-electron chi connectivity index (χ3n) is 4.13. The van der Waals surface area contributed by atoms with Crippen LogP contribution in [-0.2, 0) is 11.2 Å². The Morgan fingerprint density at radius 2 is 1.68 bits per heavy atom. The second-order valence-electron chi connectivity index (χ2n) is 6.44.